The molecule has 0 N–H and O–H groups in total. The standard InChI is InChI=1S/C48H31N3O2/c1-48(2)37-24-25-41-43(35-17-7-9-21-40(35)52-41)42(37)34-23-22-30(27-38(34)48)29-14-10-15-31(26-29)46-49-45(28-12-4-3-5-13-28)50-47(51-46)36-19-11-18-33-32-16-6-8-20-39(32)53-44(33)36/h3-27H,1-2H3. The van der Waals surface area contributed by atoms with Gasteiger partial charge in [-0.05, 0) is 69.8 Å². The number of fused-ring (bicyclic) bond motifs is 10. The first kappa shape index (κ1) is 29.8. The minimum absolute atomic E-state index is 0.184. The molecule has 0 amide bonds. The number of hydrogen-bond acceptors (Lipinski definition) is 5. The van der Waals surface area contributed by atoms with Crippen LogP contribution in [0.2, 0.25) is 0 Å². The topological polar surface area (TPSA) is 65.0 Å². The summed E-state index contributed by atoms with van der Waals surface area (Å²) in [6.07, 6.45) is 0. The zero-order valence-electron chi connectivity index (χ0n) is 29.1. The summed E-state index contributed by atoms with van der Waals surface area (Å²) in [4.78, 5) is 15.2. The van der Waals surface area contributed by atoms with Gasteiger partial charge in [0.1, 0.15) is 22.3 Å². The number of rotatable bonds is 4. The lowest BCUT2D eigenvalue weighted by atomic mass is 9.81. The van der Waals surface area contributed by atoms with Crippen molar-refractivity contribution < 1.29 is 8.83 Å². The smallest absolute Gasteiger partial charge is 0.167 e. The lowest BCUT2D eigenvalue weighted by molar-refractivity contribution is 0.657. The zero-order chi connectivity index (χ0) is 35.3. The molecule has 0 radical (unpaired) electrons. The summed E-state index contributed by atoms with van der Waals surface area (Å²) >= 11 is 0. The van der Waals surface area contributed by atoms with Crippen LogP contribution in [0.25, 0.3) is 100 Å². The third kappa shape index (κ3) is 4.47. The van der Waals surface area contributed by atoms with Crippen LogP contribution >= 0.6 is 0 Å². The second kappa shape index (κ2) is 11.1. The van der Waals surface area contributed by atoms with E-state index in [1.807, 2.05) is 66.7 Å². The van der Waals surface area contributed by atoms with Crippen LogP contribution in [-0.2, 0) is 5.41 Å². The van der Waals surface area contributed by atoms with Gasteiger partial charge in [-0.1, -0.05) is 129 Å². The number of aromatic nitrogens is 3. The van der Waals surface area contributed by atoms with E-state index in [1.165, 1.54) is 27.6 Å². The molecule has 0 aliphatic heterocycles. The fourth-order valence-electron chi connectivity index (χ4n) is 8.32. The van der Waals surface area contributed by atoms with Crippen molar-refractivity contribution in [3.63, 3.8) is 0 Å². The molecule has 0 bridgehead atoms. The molecule has 0 fully saturated rings. The Morgan fingerprint density at radius 1 is 0.415 bits per heavy atom. The molecule has 3 heterocycles. The van der Waals surface area contributed by atoms with Crippen molar-refractivity contribution >= 4 is 43.9 Å². The molecule has 10 aromatic rings. The first-order valence-corrected chi connectivity index (χ1v) is 17.9. The molecule has 3 aromatic heterocycles. The van der Waals surface area contributed by atoms with Crippen LogP contribution in [0.15, 0.2) is 160 Å². The summed E-state index contributed by atoms with van der Waals surface area (Å²) in [5, 5.41) is 4.45. The number of para-hydroxylation sites is 3. The maximum Gasteiger partial charge on any atom is 0.167 e. The van der Waals surface area contributed by atoms with Crippen LogP contribution < -0.4 is 0 Å². The average Bonchev–Trinajstić information content (AvgIpc) is 3.85. The predicted octanol–water partition coefficient (Wildman–Crippen LogP) is 12.6. The predicted molar refractivity (Wildman–Crippen MR) is 214 cm³/mol. The van der Waals surface area contributed by atoms with Gasteiger partial charge in [-0.25, -0.2) is 15.0 Å². The Kier molecular flexibility index (Phi) is 6.23. The van der Waals surface area contributed by atoms with Gasteiger partial charge in [-0.2, -0.15) is 0 Å². The molecule has 0 atom stereocenters. The van der Waals surface area contributed by atoms with Crippen LogP contribution in [0.5, 0.6) is 0 Å². The lowest BCUT2D eigenvalue weighted by Crippen LogP contribution is -2.14. The van der Waals surface area contributed by atoms with Crippen molar-refractivity contribution in [2.24, 2.45) is 0 Å². The van der Waals surface area contributed by atoms with Gasteiger partial charge in [0.25, 0.3) is 0 Å². The molecule has 0 unspecified atom stereocenters. The number of furan rings is 2. The van der Waals surface area contributed by atoms with Crippen LogP contribution in [0.1, 0.15) is 25.0 Å². The Labute approximate surface area is 305 Å². The van der Waals surface area contributed by atoms with E-state index in [1.54, 1.807) is 0 Å². The highest BCUT2D eigenvalue weighted by Crippen LogP contribution is 2.53. The quantitative estimate of drug-likeness (QED) is 0.185. The van der Waals surface area contributed by atoms with Crippen LogP contribution in [-0.4, -0.2) is 15.0 Å². The van der Waals surface area contributed by atoms with E-state index in [-0.39, 0.29) is 5.41 Å². The molecule has 53 heavy (non-hydrogen) atoms. The van der Waals surface area contributed by atoms with E-state index in [0.29, 0.717) is 17.5 Å². The van der Waals surface area contributed by atoms with E-state index >= 15 is 0 Å². The third-order valence-electron chi connectivity index (χ3n) is 10.9. The van der Waals surface area contributed by atoms with E-state index in [9.17, 15) is 0 Å². The van der Waals surface area contributed by atoms with Gasteiger partial charge < -0.3 is 8.83 Å². The Morgan fingerprint density at radius 3 is 1.91 bits per heavy atom. The van der Waals surface area contributed by atoms with E-state index in [0.717, 1.165) is 66.3 Å². The van der Waals surface area contributed by atoms with Gasteiger partial charge in [-0.15, -0.1) is 0 Å². The van der Waals surface area contributed by atoms with Crippen molar-refractivity contribution in [1.29, 1.82) is 0 Å². The molecule has 0 saturated carbocycles. The fraction of sp³-hybridized carbons (Fsp3) is 0.0625. The largest absolute Gasteiger partial charge is 0.456 e. The van der Waals surface area contributed by atoms with Gasteiger partial charge in [0.2, 0.25) is 0 Å². The number of benzene rings is 7. The molecule has 7 aromatic carbocycles. The average molecular weight is 682 g/mol. The van der Waals surface area contributed by atoms with Crippen molar-refractivity contribution in [2.45, 2.75) is 19.3 Å². The van der Waals surface area contributed by atoms with Gasteiger partial charge in [-0.3, -0.25) is 0 Å². The van der Waals surface area contributed by atoms with E-state index in [2.05, 4.69) is 98.8 Å². The van der Waals surface area contributed by atoms with Gasteiger partial charge in [0, 0.05) is 38.1 Å². The second-order valence-corrected chi connectivity index (χ2v) is 14.4. The molecule has 0 saturated heterocycles. The Morgan fingerprint density at radius 2 is 1.06 bits per heavy atom. The highest BCUT2D eigenvalue weighted by atomic mass is 16.3. The first-order chi connectivity index (χ1) is 26.0. The summed E-state index contributed by atoms with van der Waals surface area (Å²) in [6.45, 7) is 4.65. The van der Waals surface area contributed by atoms with Crippen LogP contribution in [0.4, 0.5) is 0 Å². The number of nitrogens with zero attached hydrogens (tertiary/aromatic N) is 3. The first-order valence-electron chi connectivity index (χ1n) is 17.9. The molecule has 5 nitrogen and oxygen atoms in total. The SMILES string of the molecule is CC1(C)c2cc(-c3cccc(-c4nc(-c5ccccc5)nc(-c5cccc6c5oc5ccccc56)n4)c3)ccc2-c2c1ccc1oc3ccccc3c21. The fourth-order valence-corrected chi connectivity index (χ4v) is 8.32. The van der Waals surface area contributed by atoms with E-state index < -0.39 is 0 Å². The molecule has 1 aliphatic carbocycles. The van der Waals surface area contributed by atoms with Gasteiger partial charge in [0.05, 0.1) is 5.56 Å². The Balaban J connectivity index is 1.06. The van der Waals surface area contributed by atoms with E-state index in [4.69, 9.17) is 23.8 Å². The molecule has 0 spiro atoms. The second-order valence-electron chi connectivity index (χ2n) is 14.4. The summed E-state index contributed by atoms with van der Waals surface area (Å²) in [6, 6.07) is 52.5. The maximum atomic E-state index is 6.42. The van der Waals surface area contributed by atoms with Crippen molar-refractivity contribution in [1.82, 2.24) is 15.0 Å². The van der Waals surface area contributed by atoms with Crippen LogP contribution in [0.3, 0.4) is 0 Å². The highest BCUT2D eigenvalue weighted by molar-refractivity contribution is 6.15. The lowest BCUT2D eigenvalue weighted by Gasteiger charge is -2.22. The summed E-state index contributed by atoms with van der Waals surface area (Å²) in [5.41, 5.74) is 13.3. The molecule has 5 heteroatoms. The third-order valence-corrected chi connectivity index (χ3v) is 10.9. The minimum atomic E-state index is -0.184. The van der Waals surface area contributed by atoms with Crippen molar-refractivity contribution in [2.75, 3.05) is 0 Å². The summed E-state index contributed by atoms with van der Waals surface area (Å²) < 4.78 is 12.7. The monoisotopic (exact) mass is 681 g/mol. The molecule has 250 valence electrons. The molecule has 1 aliphatic rings. The summed E-state index contributed by atoms with van der Waals surface area (Å²) in [7, 11) is 0. The highest BCUT2D eigenvalue weighted by Gasteiger charge is 2.37. The zero-order valence-corrected chi connectivity index (χ0v) is 29.1. The number of hydrogen-bond donors (Lipinski definition) is 0. The molecule has 11 rings (SSSR count). The van der Waals surface area contributed by atoms with Crippen LogP contribution in [0, 0.1) is 0 Å². The van der Waals surface area contributed by atoms with Crippen molar-refractivity contribution in [3.05, 3.63) is 163 Å². The van der Waals surface area contributed by atoms with Gasteiger partial charge in [0.15, 0.2) is 17.5 Å². The van der Waals surface area contributed by atoms with Crippen molar-refractivity contribution in [3.8, 4) is 56.4 Å². The molecular weight excluding hydrogens is 651 g/mol. The maximum absolute atomic E-state index is 6.42. The Bertz CT molecular complexity index is 3100. The molecular formula is C48H31N3O2. The minimum Gasteiger partial charge on any atom is -0.456 e. The van der Waals surface area contributed by atoms with Gasteiger partial charge >= 0.3 is 0 Å². The summed E-state index contributed by atoms with van der Waals surface area (Å²) in [5.74, 6) is 1.78. The Hall–Kier alpha value is -6.85. The normalized spacial score (nSPS) is 13.2.